The number of hydrogen-bond donors (Lipinski definition) is 0. The fourth-order valence-electron chi connectivity index (χ4n) is 8.30. The first-order valence-electron chi connectivity index (χ1n) is 16.4. The van der Waals surface area contributed by atoms with Crippen molar-refractivity contribution in [3.8, 4) is 11.1 Å². The van der Waals surface area contributed by atoms with Gasteiger partial charge in [0.1, 0.15) is 45.2 Å². The third-order valence-corrected chi connectivity index (χ3v) is 10.4. The van der Waals surface area contributed by atoms with E-state index in [-0.39, 0.29) is 6.10 Å². The molecule has 0 saturated heterocycles. The normalized spacial score (nSPS) is 18.9. The van der Waals surface area contributed by atoms with Crippen molar-refractivity contribution in [1.82, 2.24) is 0 Å². The van der Waals surface area contributed by atoms with Gasteiger partial charge in [-0.25, -0.2) is 0 Å². The lowest BCUT2D eigenvalue weighted by Crippen LogP contribution is -2.29. The summed E-state index contributed by atoms with van der Waals surface area (Å²) in [5.41, 5.74) is 10.7. The lowest BCUT2D eigenvalue weighted by Gasteiger charge is -2.34. The highest BCUT2D eigenvalue weighted by Crippen LogP contribution is 2.46. The zero-order chi connectivity index (χ0) is 30.6. The zero-order valence-electron chi connectivity index (χ0n) is 25.5. The number of fused-ring (bicyclic) bond motifs is 12. The highest BCUT2D eigenvalue weighted by molar-refractivity contribution is 6.22. The first kappa shape index (κ1) is 25.5. The summed E-state index contributed by atoms with van der Waals surface area (Å²) < 4.78 is 26.9. The van der Waals surface area contributed by atoms with E-state index in [0.29, 0.717) is 5.92 Å². The van der Waals surface area contributed by atoms with E-state index in [0.717, 1.165) is 108 Å². The van der Waals surface area contributed by atoms with Gasteiger partial charge in [0.25, 0.3) is 0 Å². The largest absolute Gasteiger partial charge is 0.486 e. The number of allylic oxidation sites excluding steroid dienone is 3. The van der Waals surface area contributed by atoms with Gasteiger partial charge in [0.05, 0.1) is 5.56 Å². The summed E-state index contributed by atoms with van der Waals surface area (Å²) in [6, 6.07) is 35.9. The second-order valence-electron chi connectivity index (χ2n) is 13.0. The van der Waals surface area contributed by atoms with Gasteiger partial charge in [-0.05, 0) is 72.4 Å². The average Bonchev–Trinajstić information content (AvgIpc) is 3.76. The van der Waals surface area contributed by atoms with Gasteiger partial charge in [0.2, 0.25) is 0 Å². The quantitative estimate of drug-likeness (QED) is 0.196. The molecule has 2 aliphatic carbocycles. The van der Waals surface area contributed by atoms with Crippen molar-refractivity contribution in [3.63, 3.8) is 0 Å². The Kier molecular flexibility index (Phi) is 5.09. The molecule has 1 aliphatic heterocycles. The van der Waals surface area contributed by atoms with Crippen molar-refractivity contribution in [2.75, 3.05) is 0 Å². The number of rotatable bonds is 2. The number of para-hydroxylation sites is 3. The maximum Gasteiger partial charge on any atom is 0.147 e. The zero-order valence-corrected chi connectivity index (χ0v) is 25.5. The van der Waals surface area contributed by atoms with E-state index in [4.69, 9.17) is 18.0 Å². The van der Waals surface area contributed by atoms with E-state index in [1.165, 1.54) is 10.8 Å². The summed E-state index contributed by atoms with van der Waals surface area (Å²) in [5.74, 6) is 1.32. The fourth-order valence-corrected chi connectivity index (χ4v) is 8.30. The van der Waals surface area contributed by atoms with Crippen molar-refractivity contribution in [3.05, 3.63) is 143 Å². The molecule has 8 aromatic rings. The Morgan fingerprint density at radius 2 is 1.26 bits per heavy atom. The third-order valence-electron chi connectivity index (χ3n) is 10.4. The molecule has 47 heavy (non-hydrogen) atoms. The molecular weight excluding hydrogens is 580 g/mol. The van der Waals surface area contributed by atoms with Crippen LogP contribution in [-0.2, 0) is 4.74 Å². The van der Waals surface area contributed by atoms with Crippen LogP contribution >= 0.6 is 0 Å². The Hall–Kier alpha value is -5.74. The van der Waals surface area contributed by atoms with Gasteiger partial charge in [0.15, 0.2) is 0 Å². The van der Waals surface area contributed by atoms with Gasteiger partial charge in [-0.1, -0.05) is 84.9 Å². The summed E-state index contributed by atoms with van der Waals surface area (Å²) in [6.45, 7) is 0. The molecule has 5 aromatic carbocycles. The fraction of sp³-hybridized carbons (Fsp3) is 0.116. The van der Waals surface area contributed by atoms with Gasteiger partial charge in [-0.2, -0.15) is 0 Å². The van der Waals surface area contributed by atoms with Gasteiger partial charge in [-0.15, -0.1) is 0 Å². The minimum Gasteiger partial charge on any atom is -0.486 e. The van der Waals surface area contributed by atoms with Crippen LogP contribution in [0.25, 0.3) is 77.6 Å². The molecule has 0 saturated carbocycles. The molecule has 0 spiro atoms. The first-order chi connectivity index (χ1) is 23.3. The first-order valence-corrected chi connectivity index (χ1v) is 16.4. The molecule has 0 amide bonds. The molecular formula is C43H28O4. The van der Waals surface area contributed by atoms with Crippen LogP contribution in [0.15, 0.2) is 140 Å². The van der Waals surface area contributed by atoms with Gasteiger partial charge in [0, 0.05) is 43.6 Å². The Morgan fingerprint density at radius 3 is 2.00 bits per heavy atom. The van der Waals surface area contributed by atoms with Gasteiger partial charge >= 0.3 is 0 Å². The van der Waals surface area contributed by atoms with Crippen molar-refractivity contribution in [1.29, 1.82) is 0 Å². The second kappa shape index (κ2) is 9.40. The molecule has 3 aliphatic rings. The number of furan rings is 3. The van der Waals surface area contributed by atoms with E-state index in [1.807, 2.05) is 30.3 Å². The van der Waals surface area contributed by atoms with Crippen LogP contribution < -0.4 is 10.6 Å². The monoisotopic (exact) mass is 608 g/mol. The van der Waals surface area contributed by atoms with Crippen molar-refractivity contribution >= 4 is 66.5 Å². The summed E-state index contributed by atoms with van der Waals surface area (Å²) in [5, 5.41) is 6.67. The van der Waals surface area contributed by atoms with E-state index < -0.39 is 0 Å². The summed E-state index contributed by atoms with van der Waals surface area (Å²) in [7, 11) is 0. The topological polar surface area (TPSA) is 48.7 Å². The molecule has 2 atom stereocenters. The summed E-state index contributed by atoms with van der Waals surface area (Å²) >= 11 is 0. The Labute approximate surface area is 269 Å². The Balaban J connectivity index is 1.22. The molecule has 3 aromatic heterocycles. The lowest BCUT2D eigenvalue weighted by molar-refractivity contribution is 0.132. The minimum atomic E-state index is -0.150. The molecule has 2 unspecified atom stereocenters. The molecule has 4 heterocycles. The Bertz CT molecular complexity index is 2730. The van der Waals surface area contributed by atoms with Gasteiger partial charge < -0.3 is 18.0 Å². The van der Waals surface area contributed by atoms with Crippen LogP contribution in [0.3, 0.4) is 0 Å². The predicted octanol–water partition coefficient (Wildman–Crippen LogP) is 9.90. The number of ether oxygens (including phenoxy) is 1. The van der Waals surface area contributed by atoms with Crippen LogP contribution in [0, 0.1) is 5.92 Å². The van der Waals surface area contributed by atoms with E-state index in [9.17, 15) is 0 Å². The van der Waals surface area contributed by atoms with E-state index in [2.05, 4.69) is 91.0 Å². The van der Waals surface area contributed by atoms with Crippen molar-refractivity contribution in [2.45, 2.75) is 25.4 Å². The number of hydrogen-bond acceptors (Lipinski definition) is 4. The molecule has 4 heteroatoms. The Morgan fingerprint density at radius 1 is 0.596 bits per heavy atom. The number of benzene rings is 5. The molecule has 0 radical (unpaired) electrons. The van der Waals surface area contributed by atoms with E-state index >= 15 is 0 Å². The summed E-state index contributed by atoms with van der Waals surface area (Å²) in [4.78, 5) is 0. The van der Waals surface area contributed by atoms with Crippen LogP contribution in [0.4, 0.5) is 0 Å². The molecule has 4 nitrogen and oxygen atoms in total. The summed E-state index contributed by atoms with van der Waals surface area (Å²) in [6.07, 6.45) is 9.67. The van der Waals surface area contributed by atoms with Crippen LogP contribution in [0.2, 0.25) is 0 Å². The van der Waals surface area contributed by atoms with Crippen LogP contribution in [0.5, 0.6) is 0 Å². The molecule has 2 bridgehead atoms. The van der Waals surface area contributed by atoms with Crippen molar-refractivity contribution < 1.29 is 18.0 Å². The SMILES string of the molecule is C1=CC2=C(CC1)C1C=c3c(oc4ccccc34)=C(c3cccc(-c4c5oc6ccccc6c5cc5c4oc4ccccc45)c3)C(C1)O2. The average molecular weight is 609 g/mol. The standard InChI is InChI=1S/C43H28O4/c1-5-16-34-27(12-1)26-21-31-28-13-2-6-17-35(28)45-41(31)39(38(22-26)44-34)24-10-9-11-25(20-24)40-42-32(29-14-3-7-18-36(29)46-42)23-33-30-15-4-8-19-37(30)47-43(33)40/h2-11,13-21,23,26,38H,1,12,22H2. The predicted molar refractivity (Wildman–Crippen MR) is 187 cm³/mol. The van der Waals surface area contributed by atoms with E-state index in [1.54, 1.807) is 0 Å². The maximum atomic E-state index is 6.87. The molecule has 0 N–H and O–H groups in total. The molecule has 0 fully saturated rings. The highest BCUT2D eigenvalue weighted by Gasteiger charge is 2.35. The third kappa shape index (κ3) is 3.58. The second-order valence-corrected chi connectivity index (χ2v) is 13.0. The lowest BCUT2D eigenvalue weighted by atomic mass is 9.82. The van der Waals surface area contributed by atoms with Crippen LogP contribution in [0.1, 0.15) is 24.8 Å². The van der Waals surface area contributed by atoms with Crippen LogP contribution in [-0.4, -0.2) is 6.10 Å². The molecule has 11 rings (SSSR count). The van der Waals surface area contributed by atoms with Crippen molar-refractivity contribution in [2.24, 2.45) is 5.92 Å². The smallest absolute Gasteiger partial charge is 0.147 e. The highest BCUT2D eigenvalue weighted by atomic mass is 16.5. The van der Waals surface area contributed by atoms with Gasteiger partial charge in [-0.3, -0.25) is 0 Å². The maximum absolute atomic E-state index is 6.87. The molecule has 224 valence electrons. The minimum absolute atomic E-state index is 0.150.